The predicted molar refractivity (Wildman–Crippen MR) is 259 cm³/mol. The van der Waals surface area contributed by atoms with E-state index in [-0.39, 0.29) is 0 Å². The standard InChI is InChI=1S/C61H41N/c1-3-17-42(18-4-1)44-31-35-46(36-32-44)62(47-37-33-45(34-38-47)43-19-5-2-6-20-43)48-39-40-60-56(41-48)55-27-13-16-30-59(55)61(60)57-28-14-11-25-53(57)51-23-9-7-21-49(51)50-22-8-10-24-52(50)54-26-12-15-29-58(54)61/h1-41H. The molecule has 0 bridgehead atoms. The second kappa shape index (κ2) is 14.6. The van der Waals surface area contributed by atoms with Gasteiger partial charge in [-0.25, -0.2) is 0 Å². The average molecular weight is 788 g/mol. The minimum absolute atomic E-state index is 0.609. The zero-order chi connectivity index (χ0) is 41.0. The van der Waals surface area contributed by atoms with Crippen molar-refractivity contribution < 1.29 is 0 Å². The number of benzene rings is 10. The average Bonchev–Trinajstić information content (AvgIpc) is 3.66. The summed E-state index contributed by atoms with van der Waals surface area (Å²) in [4.78, 5) is 2.41. The summed E-state index contributed by atoms with van der Waals surface area (Å²) < 4.78 is 0. The molecule has 0 atom stereocenters. The van der Waals surface area contributed by atoms with Crippen molar-refractivity contribution in [1.82, 2.24) is 0 Å². The maximum absolute atomic E-state index is 2.44. The molecule has 0 heterocycles. The summed E-state index contributed by atoms with van der Waals surface area (Å²) in [5.41, 5.74) is 22.7. The molecule has 0 saturated carbocycles. The van der Waals surface area contributed by atoms with E-state index >= 15 is 0 Å². The van der Waals surface area contributed by atoms with Gasteiger partial charge in [-0.15, -0.1) is 0 Å². The molecule has 0 fully saturated rings. The zero-order valence-corrected chi connectivity index (χ0v) is 34.1. The van der Waals surface area contributed by atoms with Crippen LogP contribution in [0.4, 0.5) is 17.1 Å². The van der Waals surface area contributed by atoms with Gasteiger partial charge < -0.3 is 4.90 Å². The monoisotopic (exact) mass is 787 g/mol. The van der Waals surface area contributed by atoms with E-state index in [1.807, 2.05) is 0 Å². The van der Waals surface area contributed by atoms with Crippen molar-refractivity contribution in [2.75, 3.05) is 4.90 Å². The minimum atomic E-state index is -0.609. The van der Waals surface area contributed by atoms with Crippen LogP contribution < -0.4 is 4.90 Å². The van der Waals surface area contributed by atoms with Crippen LogP contribution in [0.5, 0.6) is 0 Å². The quantitative estimate of drug-likeness (QED) is 0.168. The molecule has 1 nitrogen and oxygen atoms in total. The summed E-state index contributed by atoms with van der Waals surface area (Å²) >= 11 is 0. The minimum Gasteiger partial charge on any atom is -0.310 e. The number of rotatable bonds is 5. The molecular weight excluding hydrogens is 747 g/mol. The van der Waals surface area contributed by atoms with Crippen LogP contribution in [0.25, 0.3) is 66.8 Å². The van der Waals surface area contributed by atoms with Crippen molar-refractivity contribution in [3.63, 3.8) is 0 Å². The molecule has 12 rings (SSSR count). The lowest BCUT2D eigenvalue weighted by atomic mass is 9.64. The largest absolute Gasteiger partial charge is 0.310 e. The Labute approximate surface area is 363 Å². The first-order valence-electron chi connectivity index (χ1n) is 21.5. The van der Waals surface area contributed by atoms with Crippen LogP contribution in [-0.2, 0) is 5.41 Å². The smallest absolute Gasteiger partial charge is 0.0725 e. The van der Waals surface area contributed by atoms with Gasteiger partial charge in [-0.2, -0.15) is 0 Å². The topological polar surface area (TPSA) is 3.24 Å². The van der Waals surface area contributed by atoms with Crippen LogP contribution >= 0.6 is 0 Å². The molecule has 1 spiro atoms. The molecule has 0 aliphatic heterocycles. The van der Waals surface area contributed by atoms with E-state index in [4.69, 9.17) is 0 Å². The Hall–Kier alpha value is -8.00. The number of anilines is 3. The van der Waals surface area contributed by atoms with E-state index in [0.717, 1.165) is 17.1 Å². The van der Waals surface area contributed by atoms with Crippen molar-refractivity contribution in [1.29, 1.82) is 0 Å². The maximum atomic E-state index is 2.44. The van der Waals surface area contributed by atoms with Crippen molar-refractivity contribution in [3.8, 4) is 66.8 Å². The fourth-order valence-corrected chi connectivity index (χ4v) is 10.4. The second-order valence-corrected chi connectivity index (χ2v) is 16.4. The molecule has 2 aliphatic rings. The SMILES string of the molecule is c1ccc(-c2ccc(N(c3ccc(-c4ccccc4)cc3)c3ccc4c(c3)-c3ccccc3C43c4ccccc4-c4ccccc4-c4ccccc4-c4ccccc43)cc2)cc1. The Morgan fingerprint density at radius 3 is 0.919 bits per heavy atom. The highest BCUT2D eigenvalue weighted by atomic mass is 15.1. The van der Waals surface area contributed by atoms with Gasteiger partial charge in [0.15, 0.2) is 0 Å². The van der Waals surface area contributed by atoms with Crippen LogP contribution in [0, 0.1) is 0 Å². The van der Waals surface area contributed by atoms with Crippen LogP contribution in [-0.4, -0.2) is 0 Å². The number of hydrogen-bond donors (Lipinski definition) is 0. The van der Waals surface area contributed by atoms with E-state index in [2.05, 4.69) is 254 Å². The molecule has 10 aromatic carbocycles. The molecule has 2 aliphatic carbocycles. The highest BCUT2D eigenvalue weighted by Crippen LogP contribution is 2.61. The van der Waals surface area contributed by atoms with Crippen molar-refractivity contribution in [2.45, 2.75) is 5.41 Å². The van der Waals surface area contributed by atoms with E-state index in [1.165, 1.54) is 89.0 Å². The summed E-state index contributed by atoms with van der Waals surface area (Å²) in [6.45, 7) is 0. The fraction of sp³-hybridized carbons (Fsp3) is 0.0164. The molecule has 0 unspecified atom stereocenters. The van der Waals surface area contributed by atoms with Crippen molar-refractivity contribution in [2.24, 2.45) is 0 Å². The fourth-order valence-electron chi connectivity index (χ4n) is 10.4. The summed E-state index contributed by atoms with van der Waals surface area (Å²) in [5, 5.41) is 0. The number of fused-ring (bicyclic) bond motifs is 14. The highest BCUT2D eigenvalue weighted by molar-refractivity contribution is 5.99. The lowest BCUT2D eigenvalue weighted by Gasteiger charge is -2.37. The Balaban J connectivity index is 1.11. The lowest BCUT2D eigenvalue weighted by Crippen LogP contribution is -2.30. The number of hydrogen-bond acceptors (Lipinski definition) is 1. The van der Waals surface area contributed by atoms with Crippen molar-refractivity contribution >= 4 is 17.1 Å². The summed E-state index contributed by atoms with van der Waals surface area (Å²) in [6, 6.07) is 91.8. The normalized spacial score (nSPS) is 12.6. The summed E-state index contributed by atoms with van der Waals surface area (Å²) in [5.74, 6) is 0. The van der Waals surface area contributed by atoms with Crippen LogP contribution in [0.15, 0.2) is 249 Å². The van der Waals surface area contributed by atoms with Gasteiger partial charge in [-0.3, -0.25) is 0 Å². The molecule has 0 N–H and O–H groups in total. The predicted octanol–water partition coefficient (Wildman–Crippen LogP) is 16.2. The Bertz CT molecular complexity index is 3100. The Morgan fingerprint density at radius 2 is 0.500 bits per heavy atom. The van der Waals surface area contributed by atoms with E-state index in [9.17, 15) is 0 Å². The third kappa shape index (κ3) is 5.56. The van der Waals surface area contributed by atoms with Crippen LogP contribution in [0.3, 0.4) is 0 Å². The molecule has 290 valence electrons. The van der Waals surface area contributed by atoms with E-state index < -0.39 is 5.41 Å². The molecule has 0 amide bonds. The molecular formula is C61H41N. The van der Waals surface area contributed by atoms with Crippen molar-refractivity contribution in [3.05, 3.63) is 271 Å². The highest BCUT2D eigenvalue weighted by Gasteiger charge is 2.49. The zero-order valence-electron chi connectivity index (χ0n) is 34.1. The first-order chi connectivity index (χ1) is 30.8. The molecule has 62 heavy (non-hydrogen) atoms. The van der Waals surface area contributed by atoms with Gasteiger partial charge in [-0.1, -0.05) is 212 Å². The van der Waals surface area contributed by atoms with Gasteiger partial charge in [0.25, 0.3) is 0 Å². The Kier molecular flexibility index (Phi) is 8.47. The Morgan fingerprint density at radius 1 is 0.210 bits per heavy atom. The van der Waals surface area contributed by atoms with Gasteiger partial charge in [-0.05, 0) is 125 Å². The third-order valence-electron chi connectivity index (χ3n) is 13.1. The first kappa shape index (κ1) is 35.9. The molecule has 1 heteroatoms. The second-order valence-electron chi connectivity index (χ2n) is 16.4. The first-order valence-corrected chi connectivity index (χ1v) is 21.5. The van der Waals surface area contributed by atoms with Gasteiger partial charge in [0.2, 0.25) is 0 Å². The molecule has 0 aromatic heterocycles. The molecule has 0 saturated heterocycles. The summed E-state index contributed by atoms with van der Waals surface area (Å²) in [6.07, 6.45) is 0. The van der Waals surface area contributed by atoms with E-state index in [0.29, 0.717) is 0 Å². The van der Waals surface area contributed by atoms with Gasteiger partial charge in [0.05, 0.1) is 5.41 Å². The van der Waals surface area contributed by atoms with Gasteiger partial charge in [0, 0.05) is 17.1 Å². The third-order valence-corrected chi connectivity index (χ3v) is 13.1. The summed E-state index contributed by atoms with van der Waals surface area (Å²) in [7, 11) is 0. The molecule has 0 radical (unpaired) electrons. The maximum Gasteiger partial charge on any atom is 0.0725 e. The molecule has 10 aromatic rings. The van der Waals surface area contributed by atoms with Crippen LogP contribution in [0.2, 0.25) is 0 Å². The van der Waals surface area contributed by atoms with E-state index in [1.54, 1.807) is 0 Å². The van der Waals surface area contributed by atoms with Crippen LogP contribution in [0.1, 0.15) is 22.3 Å². The van der Waals surface area contributed by atoms with Gasteiger partial charge in [0.1, 0.15) is 0 Å². The lowest BCUT2D eigenvalue weighted by molar-refractivity contribution is 0.773. The number of nitrogens with zero attached hydrogens (tertiary/aromatic N) is 1. The van der Waals surface area contributed by atoms with Gasteiger partial charge >= 0.3 is 0 Å².